The van der Waals surface area contributed by atoms with Gasteiger partial charge in [-0.1, -0.05) is 12.0 Å². The number of benzene rings is 1. The maximum Gasteiger partial charge on any atom is 0.304 e. The molecule has 1 aliphatic carbocycles. The first-order valence-corrected chi connectivity index (χ1v) is 8.29. The van der Waals surface area contributed by atoms with Crippen LogP contribution in [0.2, 0.25) is 0 Å². The van der Waals surface area contributed by atoms with Crippen molar-refractivity contribution in [2.75, 3.05) is 13.7 Å². The first-order valence-electron chi connectivity index (χ1n) is 8.29. The zero-order valence-corrected chi connectivity index (χ0v) is 14.0. The summed E-state index contributed by atoms with van der Waals surface area (Å²) in [4.78, 5) is 11.1. The third-order valence-electron chi connectivity index (χ3n) is 4.08. The Morgan fingerprint density at radius 2 is 2.08 bits per heavy atom. The molecule has 1 unspecified atom stereocenters. The molecular weight excluding hydrogens is 308 g/mol. The van der Waals surface area contributed by atoms with Crippen LogP contribution in [0.4, 0.5) is 0 Å². The van der Waals surface area contributed by atoms with Crippen molar-refractivity contribution in [3.8, 4) is 23.3 Å². The van der Waals surface area contributed by atoms with Crippen LogP contribution in [0.3, 0.4) is 0 Å². The molecule has 0 amide bonds. The van der Waals surface area contributed by atoms with Crippen molar-refractivity contribution in [2.24, 2.45) is 0 Å². The fourth-order valence-corrected chi connectivity index (χ4v) is 2.87. The zero-order valence-electron chi connectivity index (χ0n) is 14.0. The van der Waals surface area contributed by atoms with Gasteiger partial charge in [-0.3, -0.25) is 4.79 Å². The van der Waals surface area contributed by atoms with Gasteiger partial charge in [0.2, 0.25) is 0 Å². The summed E-state index contributed by atoms with van der Waals surface area (Å²) in [7, 11) is 1.59. The van der Waals surface area contributed by atoms with Crippen LogP contribution < -0.4 is 9.47 Å². The molecule has 24 heavy (non-hydrogen) atoms. The van der Waals surface area contributed by atoms with Gasteiger partial charge in [0.05, 0.1) is 32.2 Å². The fraction of sp³-hybridized carbons (Fsp3) is 0.526. The van der Waals surface area contributed by atoms with Crippen molar-refractivity contribution in [2.45, 2.75) is 50.5 Å². The molecule has 1 saturated carbocycles. The molecule has 0 spiro atoms. The molecular formula is C19H24O5. The van der Waals surface area contributed by atoms with Crippen molar-refractivity contribution < 1.29 is 24.5 Å². The number of ether oxygens (including phenoxy) is 2. The van der Waals surface area contributed by atoms with Crippen LogP contribution >= 0.6 is 0 Å². The third kappa shape index (κ3) is 5.17. The van der Waals surface area contributed by atoms with Crippen molar-refractivity contribution in [1.29, 1.82) is 0 Å². The number of aliphatic carboxylic acids is 1. The molecule has 0 heterocycles. The molecule has 1 aromatic rings. The number of carbonyl (C=O) groups is 1. The van der Waals surface area contributed by atoms with E-state index in [0.717, 1.165) is 18.4 Å². The number of carboxylic acids is 1. The molecule has 0 aromatic heterocycles. The minimum atomic E-state index is -0.910. The lowest BCUT2D eigenvalue weighted by Crippen LogP contribution is -2.12. The summed E-state index contributed by atoms with van der Waals surface area (Å²) in [5.74, 6) is 5.70. The molecule has 1 aromatic carbocycles. The van der Waals surface area contributed by atoms with Crippen LogP contribution in [-0.4, -0.2) is 36.0 Å². The SMILES string of the molecule is COc1ccc(C(C#CCCO)CC(=O)O)cc1OC1CCCC1. The first-order chi connectivity index (χ1) is 11.6. The third-order valence-corrected chi connectivity index (χ3v) is 4.08. The Bertz CT molecular complexity index is 608. The van der Waals surface area contributed by atoms with Crippen LogP contribution in [0.15, 0.2) is 18.2 Å². The van der Waals surface area contributed by atoms with E-state index in [-0.39, 0.29) is 19.1 Å². The van der Waals surface area contributed by atoms with Gasteiger partial charge >= 0.3 is 5.97 Å². The van der Waals surface area contributed by atoms with Gasteiger partial charge in [-0.25, -0.2) is 0 Å². The Balaban J connectivity index is 2.25. The lowest BCUT2D eigenvalue weighted by atomic mass is 9.95. The van der Waals surface area contributed by atoms with Crippen LogP contribution in [0.5, 0.6) is 11.5 Å². The van der Waals surface area contributed by atoms with E-state index >= 15 is 0 Å². The van der Waals surface area contributed by atoms with Crippen molar-refractivity contribution in [3.63, 3.8) is 0 Å². The molecule has 0 radical (unpaired) electrons. The van der Waals surface area contributed by atoms with Gasteiger partial charge in [0.15, 0.2) is 11.5 Å². The molecule has 1 aliphatic rings. The Morgan fingerprint density at radius 3 is 2.71 bits per heavy atom. The monoisotopic (exact) mass is 332 g/mol. The number of aliphatic hydroxyl groups excluding tert-OH is 1. The molecule has 1 atom stereocenters. The minimum absolute atomic E-state index is 0.0363. The Hall–Kier alpha value is -2.19. The van der Waals surface area contributed by atoms with Crippen molar-refractivity contribution >= 4 is 5.97 Å². The van der Waals surface area contributed by atoms with E-state index in [2.05, 4.69) is 11.8 Å². The highest BCUT2D eigenvalue weighted by molar-refractivity contribution is 5.69. The summed E-state index contributed by atoms with van der Waals surface area (Å²) < 4.78 is 11.4. The molecule has 2 rings (SSSR count). The Labute approximate surface area is 142 Å². The summed E-state index contributed by atoms with van der Waals surface area (Å²) in [6.45, 7) is -0.0363. The molecule has 5 heteroatoms. The summed E-state index contributed by atoms with van der Waals surface area (Å²) in [5.41, 5.74) is 0.789. The number of rotatable bonds is 7. The average molecular weight is 332 g/mol. The smallest absolute Gasteiger partial charge is 0.304 e. The lowest BCUT2D eigenvalue weighted by molar-refractivity contribution is -0.137. The number of carboxylic acid groups (broad SMARTS) is 1. The molecule has 1 fully saturated rings. The fourth-order valence-electron chi connectivity index (χ4n) is 2.87. The minimum Gasteiger partial charge on any atom is -0.493 e. The summed E-state index contributed by atoms with van der Waals surface area (Å²) in [6, 6.07) is 5.45. The highest BCUT2D eigenvalue weighted by Gasteiger charge is 2.20. The van der Waals surface area contributed by atoms with E-state index in [0.29, 0.717) is 17.9 Å². The topological polar surface area (TPSA) is 76.0 Å². The first kappa shape index (κ1) is 18.2. The van der Waals surface area contributed by atoms with E-state index < -0.39 is 11.9 Å². The van der Waals surface area contributed by atoms with E-state index in [1.54, 1.807) is 13.2 Å². The van der Waals surface area contributed by atoms with Gasteiger partial charge in [0.1, 0.15) is 0 Å². The van der Waals surface area contributed by atoms with Gasteiger partial charge in [-0.05, 0) is 43.4 Å². The van der Waals surface area contributed by atoms with Gasteiger partial charge in [0.25, 0.3) is 0 Å². The van der Waals surface area contributed by atoms with Crippen LogP contribution in [0.1, 0.15) is 50.0 Å². The standard InChI is InChI=1S/C19H24O5/c1-23-17-10-9-15(12-18(17)24-16-7-2-3-8-16)14(13-19(21)22)6-4-5-11-20/h9-10,12,14,16,20H,2-3,5,7-8,11,13H2,1H3,(H,21,22). The molecule has 0 bridgehead atoms. The van der Waals surface area contributed by atoms with Gasteiger partial charge in [-0.2, -0.15) is 0 Å². The number of methoxy groups -OCH3 is 1. The second kappa shape index (κ2) is 9.19. The highest BCUT2D eigenvalue weighted by Crippen LogP contribution is 2.34. The molecule has 130 valence electrons. The van der Waals surface area contributed by atoms with Gasteiger partial charge in [-0.15, -0.1) is 5.92 Å². The normalized spacial score (nSPS) is 15.4. The second-order valence-electron chi connectivity index (χ2n) is 5.88. The van der Waals surface area contributed by atoms with Gasteiger partial charge < -0.3 is 19.7 Å². The van der Waals surface area contributed by atoms with E-state index in [9.17, 15) is 4.79 Å². The van der Waals surface area contributed by atoms with Crippen molar-refractivity contribution in [3.05, 3.63) is 23.8 Å². The van der Waals surface area contributed by atoms with Crippen LogP contribution in [0.25, 0.3) is 0 Å². The quantitative estimate of drug-likeness (QED) is 0.751. The predicted molar refractivity (Wildman–Crippen MR) is 90.4 cm³/mol. The second-order valence-corrected chi connectivity index (χ2v) is 5.88. The van der Waals surface area contributed by atoms with Crippen LogP contribution in [0, 0.1) is 11.8 Å². The molecule has 2 N–H and O–H groups in total. The largest absolute Gasteiger partial charge is 0.493 e. The maximum atomic E-state index is 11.1. The number of aliphatic hydroxyl groups is 1. The highest BCUT2D eigenvalue weighted by atomic mass is 16.5. The Morgan fingerprint density at radius 1 is 1.33 bits per heavy atom. The van der Waals surface area contributed by atoms with Crippen molar-refractivity contribution in [1.82, 2.24) is 0 Å². The summed E-state index contributed by atoms with van der Waals surface area (Å²) in [5, 5.41) is 18.0. The maximum absolute atomic E-state index is 11.1. The summed E-state index contributed by atoms with van der Waals surface area (Å²) >= 11 is 0. The van der Waals surface area contributed by atoms with Crippen LogP contribution in [-0.2, 0) is 4.79 Å². The number of hydrogen-bond donors (Lipinski definition) is 2. The average Bonchev–Trinajstić information content (AvgIpc) is 3.07. The zero-order chi connectivity index (χ0) is 17.4. The van der Waals surface area contributed by atoms with Gasteiger partial charge in [0, 0.05) is 6.42 Å². The van der Waals surface area contributed by atoms with E-state index in [4.69, 9.17) is 19.7 Å². The summed E-state index contributed by atoms with van der Waals surface area (Å²) in [6.07, 6.45) is 4.82. The molecule has 5 nitrogen and oxygen atoms in total. The number of hydrogen-bond acceptors (Lipinski definition) is 4. The predicted octanol–water partition coefficient (Wildman–Crippen LogP) is 2.96. The Kier molecular flexibility index (Phi) is 6.95. The lowest BCUT2D eigenvalue weighted by Gasteiger charge is -2.18. The molecule has 0 saturated heterocycles. The van der Waals surface area contributed by atoms with E-state index in [1.807, 2.05) is 12.1 Å². The van der Waals surface area contributed by atoms with E-state index in [1.165, 1.54) is 12.8 Å². The molecule has 0 aliphatic heterocycles.